The number of methoxy groups -OCH3 is 2. The first-order valence-electron chi connectivity index (χ1n) is 11.4. The predicted octanol–water partition coefficient (Wildman–Crippen LogP) is 1.68. The van der Waals surface area contributed by atoms with Gasteiger partial charge < -0.3 is 43.3 Å². The van der Waals surface area contributed by atoms with E-state index in [9.17, 15) is 10.1 Å². The van der Waals surface area contributed by atoms with Crippen LogP contribution in [0, 0.1) is 22.0 Å². The molecule has 0 amide bonds. The molecule has 3 rings (SSSR count). The molecule has 7 atom stereocenters. The Hall–Kier alpha value is -1.93. The van der Waals surface area contributed by atoms with Gasteiger partial charge in [-0.25, -0.2) is 0 Å². The number of ether oxygens (including phenoxy) is 7. The number of fused-ring (bicyclic) bond motifs is 1. The van der Waals surface area contributed by atoms with Gasteiger partial charge in [0.05, 0.1) is 38.6 Å². The Kier molecular flexibility index (Phi) is 10.4. The Bertz CT molecular complexity index is 771. The molecule has 2 heterocycles. The highest BCUT2D eigenvalue weighted by atomic mass is 16.7. The van der Waals surface area contributed by atoms with Crippen LogP contribution in [0.25, 0.3) is 0 Å². The van der Waals surface area contributed by atoms with Gasteiger partial charge in [-0.2, -0.15) is 0 Å². The molecular weight excluding hydrogens is 450 g/mol. The highest BCUT2D eigenvalue weighted by molar-refractivity contribution is 5.38. The fourth-order valence-electron chi connectivity index (χ4n) is 4.46. The van der Waals surface area contributed by atoms with Crippen LogP contribution in [-0.2, 0) is 28.4 Å². The van der Waals surface area contributed by atoms with Crippen molar-refractivity contribution in [3.8, 4) is 5.75 Å². The number of pyridine rings is 1. The third kappa shape index (κ3) is 6.60. The van der Waals surface area contributed by atoms with Crippen LogP contribution in [0.1, 0.15) is 13.8 Å². The van der Waals surface area contributed by atoms with Crippen molar-refractivity contribution >= 4 is 5.82 Å². The van der Waals surface area contributed by atoms with E-state index in [4.69, 9.17) is 33.2 Å². The Morgan fingerprint density at radius 2 is 1.62 bits per heavy atom. The van der Waals surface area contributed by atoms with Crippen molar-refractivity contribution in [2.75, 3.05) is 61.0 Å². The molecule has 1 aromatic rings. The molecule has 1 saturated carbocycles. The summed E-state index contributed by atoms with van der Waals surface area (Å²) in [7, 11) is 3.23. The average Bonchev–Trinajstić information content (AvgIpc) is 3.56. The van der Waals surface area contributed by atoms with Gasteiger partial charge in [-0.05, 0) is 33.9 Å². The van der Waals surface area contributed by atoms with Gasteiger partial charge >= 0.3 is 5.82 Å². The summed E-state index contributed by atoms with van der Waals surface area (Å²) in [6.45, 7) is 6.54. The van der Waals surface area contributed by atoms with Gasteiger partial charge in [-0.1, -0.05) is 13.8 Å². The normalized spacial score (nSPS) is 30.1. The molecule has 0 aromatic carbocycles. The van der Waals surface area contributed by atoms with Crippen molar-refractivity contribution in [3.05, 3.63) is 28.4 Å². The van der Waals surface area contributed by atoms with Gasteiger partial charge in [0, 0.05) is 20.3 Å². The van der Waals surface area contributed by atoms with Gasteiger partial charge in [0.1, 0.15) is 32.6 Å². The second-order valence-corrected chi connectivity index (χ2v) is 8.37. The molecule has 1 aliphatic heterocycles. The maximum Gasteiger partial charge on any atom is 0.406 e. The van der Waals surface area contributed by atoms with Gasteiger partial charge in [0.25, 0.3) is 0 Å². The molecule has 1 aliphatic carbocycles. The summed E-state index contributed by atoms with van der Waals surface area (Å²) in [4.78, 5) is 16.6. The molecule has 12 nitrogen and oxygen atoms in total. The van der Waals surface area contributed by atoms with Gasteiger partial charge in [0.15, 0.2) is 0 Å². The van der Waals surface area contributed by atoms with Crippen LogP contribution in [0.4, 0.5) is 5.82 Å². The highest BCUT2D eigenvalue weighted by Crippen LogP contribution is 2.48. The third-order valence-corrected chi connectivity index (χ3v) is 6.42. The van der Waals surface area contributed by atoms with Crippen LogP contribution < -0.4 is 4.74 Å². The molecule has 1 unspecified atom stereocenters. The zero-order valence-corrected chi connectivity index (χ0v) is 20.2. The number of hydrogen-bond acceptors (Lipinski definition) is 11. The molecule has 12 heteroatoms. The topological polar surface area (TPSA) is 124 Å². The summed E-state index contributed by atoms with van der Waals surface area (Å²) in [5.74, 6) is 0.295. The summed E-state index contributed by atoms with van der Waals surface area (Å²) >= 11 is 0. The van der Waals surface area contributed by atoms with Crippen LogP contribution in [0.15, 0.2) is 18.3 Å². The Balaban J connectivity index is 1.65. The fraction of sp³-hybridized carbons (Fsp3) is 0.773. The number of likely N-dealkylation sites (tertiary alicyclic amines) is 1. The van der Waals surface area contributed by atoms with Crippen molar-refractivity contribution in [1.29, 1.82) is 0 Å². The van der Waals surface area contributed by atoms with Crippen molar-refractivity contribution in [2.45, 2.75) is 38.1 Å². The molecule has 1 saturated heterocycles. The Morgan fingerprint density at radius 1 is 0.971 bits per heavy atom. The minimum atomic E-state index is -0.550. The standard InChI is InChI=1S/C22H35N3O9/c1-15-16(2)20(33-13-30-10-8-28-3)21(34-14-31-11-9-29-4)19-18(15)24(19)12-32-17-6-5-7-23-22(17)25(26)27/h5-7,15-16,18-21H,8-14H2,1-4H3/t15-,16-,18+,19+,20+,21+,24?/m1/s1. The van der Waals surface area contributed by atoms with Gasteiger partial charge in [0.2, 0.25) is 5.75 Å². The minimum Gasteiger partial charge on any atom is -0.469 e. The number of rotatable bonds is 16. The highest BCUT2D eigenvalue weighted by Gasteiger charge is 2.63. The van der Waals surface area contributed by atoms with Crippen LogP contribution >= 0.6 is 0 Å². The lowest BCUT2D eigenvalue weighted by Crippen LogP contribution is -2.49. The van der Waals surface area contributed by atoms with E-state index < -0.39 is 4.92 Å². The monoisotopic (exact) mass is 485 g/mol. The summed E-state index contributed by atoms with van der Waals surface area (Å²) in [6.07, 6.45) is 0.871. The number of nitrogens with zero attached hydrogens (tertiary/aromatic N) is 3. The molecule has 34 heavy (non-hydrogen) atoms. The van der Waals surface area contributed by atoms with E-state index in [1.165, 1.54) is 6.20 Å². The quantitative estimate of drug-likeness (QED) is 0.112. The lowest BCUT2D eigenvalue weighted by Gasteiger charge is -2.38. The molecule has 192 valence electrons. The van der Waals surface area contributed by atoms with Crippen LogP contribution in [0.2, 0.25) is 0 Å². The van der Waals surface area contributed by atoms with E-state index in [1.807, 2.05) is 0 Å². The van der Waals surface area contributed by atoms with Crippen LogP contribution in [-0.4, -0.2) is 100 Å². The summed E-state index contributed by atoms with van der Waals surface area (Å²) in [6, 6.07) is 3.38. The predicted molar refractivity (Wildman–Crippen MR) is 119 cm³/mol. The van der Waals surface area contributed by atoms with Crippen molar-refractivity contribution in [3.63, 3.8) is 0 Å². The molecule has 1 aromatic heterocycles. The molecule has 0 N–H and O–H groups in total. The molecule has 0 spiro atoms. The largest absolute Gasteiger partial charge is 0.469 e. The lowest BCUT2D eigenvalue weighted by atomic mass is 9.78. The SMILES string of the molecule is COCCOCO[C@@H]1[C@@H](OCOCCOC)[C@H](C)[C@@H](C)[C@H]2[C@@H]1N2COc1cccnc1[N+](=O)[O-]. The van der Waals surface area contributed by atoms with Crippen LogP contribution in [0.3, 0.4) is 0 Å². The first-order valence-corrected chi connectivity index (χ1v) is 11.4. The fourth-order valence-corrected chi connectivity index (χ4v) is 4.46. The van der Waals surface area contributed by atoms with E-state index >= 15 is 0 Å². The molecule has 2 fully saturated rings. The van der Waals surface area contributed by atoms with E-state index in [0.717, 1.165) is 0 Å². The molecule has 2 aliphatic rings. The number of aromatic nitrogens is 1. The summed E-state index contributed by atoms with van der Waals surface area (Å²) in [5.41, 5.74) is 0. The first kappa shape index (κ1) is 26.7. The summed E-state index contributed by atoms with van der Waals surface area (Å²) < 4.78 is 39.1. The number of nitro groups is 1. The smallest absolute Gasteiger partial charge is 0.406 e. The second-order valence-electron chi connectivity index (χ2n) is 8.37. The lowest BCUT2D eigenvalue weighted by molar-refractivity contribution is -0.390. The Labute approximate surface area is 199 Å². The Morgan fingerprint density at radius 3 is 2.24 bits per heavy atom. The zero-order chi connectivity index (χ0) is 24.5. The third-order valence-electron chi connectivity index (χ3n) is 6.42. The first-order chi connectivity index (χ1) is 16.5. The van der Waals surface area contributed by atoms with E-state index in [1.54, 1.807) is 26.4 Å². The molecular formula is C22H35N3O9. The second kappa shape index (κ2) is 13.2. The van der Waals surface area contributed by atoms with Gasteiger partial charge in [-0.15, -0.1) is 0 Å². The summed E-state index contributed by atoms with van der Waals surface area (Å²) in [5, 5.41) is 11.3. The van der Waals surface area contributed by atoms with E-state index in [0.29, 0.717) is 26.4 Å². The van der Waals surface area contributed by atoms with Crippen molar-refractivity contribution in [1.82, 2.24) is 9.88 Å². The van der Waals surface area contributed by atoms with Gasteiger partial charge in [-0.3, -0.25) is 4.90 Å². The molecule has 0 bridgehead atoms. The van der Waals surface area contributed by atoms with Crippen molar-refractivity contribution in [2.24, 2.45) is 11.8 Å². The maximum absolute atomic E-state index is 11.3. The van der Waals surface area contributed by atoms with E-state index in [-0.39, 0.29) is 68.0 Å². The van der Waals surface area contributed by atoms with Crippen LogP contribution in [0.5, 0.6) is 5.75 Å². The minimum absolute atomic E-state index is 0.0249. The zero-order valence-electron chi connectivity index (χ0n) is 20.2. The molecule has 0 radical (unpaired) electrons. The maximum atomic E-state index is 11.3. The average molecular weight is 486 g/mol. The van der Waals surface area contributed by atoms with Crippen molar-refractivity contribution < 1.29 is 38.1 Å². The number of hydrogen-bond donors (Lipinski definition) is 0. The van der Waals surface area contributed by atoms with E-state index in [2.05, 4.69) is 23.7 Å².